The minimum Gasteiger partial charge on any atom is -0.455 e. The number of aromatic nitrogens is 3. The van der Waals surface area contributed by atoms with Gasteiger partial charge in [0.25, 0.3) is 0 Å². The first kappa shape index (κ1) is 34.5. The number of para-hydroxylation sites is 1. The highest BCUT2D eigenvalue weighted by molar-refractivity contribution is 6.10. The van der Waals surface area contributed by atoms with Gasteiger partial charge in [0, 0.05) is 16.5 Å². The van der Waals surface area contributed by atoms with E-state index in [0.717, 1.165) is 72.4 Å². The van der Waals surface area contributed by atoms with E-state index >= 15 is 0 Å². The lowest BCUT2D eigenvalue weighted by molar-refractivity contribution is 0.669. The SMILES string of the molecule is Cc1nc(C)c2c(nc(-c3cccc4c3oc3cc(-c5ccc(-c6ccccc6)cc5)ccc34)n2-c2c(C(C)C)cc(-c3ccccc3)cc2C(C)C)c1C. The molecule has 0 bridgehead atoms. The number of aryl methyl sites for hydroxylation is 3. The standard InChI is InChI=1S/C51H45N3O/c1-30(2)44-27-40(36-17-12-9-13-18-36)28-45(31(3)4)49(44)54-48-34(7)52-33(6)32(5)47(48)53-51(54)43-20-14-19-42-41-26-25-39(29-46(41)55-50(42)43)38-23-21-37(22-24-38)35-15-10-8-11-16-35/h8-31H,1-7H3. The second kappa shape index (κ2) is 13.5. The van der Waals surface area contributed by atoms with Gasteiger partial charge in [-0.1, -0.05) is 131 Å². The molecule has 0 saturated carbocycles. The predicted molar refractivity (Wildman–Crippen MR) is 230 cm³/mol. The molecule has 0 amide bonds. The van der Waals surface area contributed by atoms with E-state index in [0.29, 0.717) is 0 Å². The van der Waals surface area contributed by atoms with E-state index in [4.69, 9.17) is 14.4 Å². The van der Waals surface area contributed by atoms with Crippen molar-refractivity contribution in [2.24, 2.45) is 0 Å². The van der Waals surface area contributed by atoms with Gasteiger partial charge in [-0.05, 0) is 113 Å². The van der Waals surface area contributed by atoms with Crippen LogP contribution in [0, 0.1) is 20.8 Å². The van der Waals surface area contributed by atoms with Gasteiger partial charge in [-0.3, -0.25) is 9.55 Å². The molecule has 0 N–H and O–H groups in total. The number of hydrogen-bond acceptors (Lipinski definition) is 3. The molecule has 0 spiro atoms. The Bertz CT molecular complexity index is 2850. The van der Waals surface area contributed by atoms with Crippen LogP contribution in [0.1, 0.15) is 67.6 Å². The van der Waals surface area contributed by atoms with Gasteiger partial charge in [0.05, 0.1) is 28.0 Å². The van der Waals surface area contributed by atoms with E-state index in [-0.39, 0.29) is 11.8 Å². The van der Waals surface area contributed by atoms with Gasteiger partial charge in [-0.25, -0.2) is 4.98 Å². The molecule has 0 atom stereocenters. The number of rotatable bonds is 7. The summed E-state index contributed by atoms with van der Waals surface area (Å²) in [6.45, 7) is 15.5. The minimum atomic E-state index is 0.253. The Morgan fingerprint density at radius 3 is 1.69 bits per heavy atom. The van der Waals surface area contributed by atoms with Crippen LogP contribution in [0.15, 0.2) is 138 Å². The van der Waals surface area contributed by atoms with Gasteiger partial charge in [0.2, 0.25) is 0 Å². The van der Waals surface area contributed by atoms with Crippen LogP contribution in [0.2, 0.25) is 0 Å². The number of hydrogen-bond donors (Lipinski definition) is 0. The first-order valence-corrected chi connectivity index (χ1v) is 19.4. The fourth-order valence-electron chi connectivity index (χ4n) is 8.23. The second-order valence-corrected chi connectivity index (χ2v) is 15.5. The van der Waals surface area contributed by atoms with E-state index in [2.05, 4.69) is 186 Å². The lowest BCUT2D eigenvalue weighted by atomic mass is 9.88. The zero-order valence-corrected chi connectivity index (χ0v) is 32.6. The van der Waals surface area contributed by atoms with Crippen molar-refractivity contribution < 1.29 is 4.42 Å². The monoisotopic (exact) mass is 715 g/mol. The van der Waals surface area contributed by atoms with Gasteiger partial charge in [-0.2, -0.15) is 0 Å². The highest BCUT2D eigenvalue weighted by Gasteiger charge is 2.27. The van der Waals surface area contributed by atoms with Gasteiger partial charge in [0.1, 0.15) is 17.0 Å². The lowest BCUT2D eigenvalue weighted by Crippen LogP contribution is -2.10. The van der Waals surface area contributed by atoms with Crippen LogP contribution in [0.3, 0.4) is 0 Å². The Kier molecular flexibility index (Phi) is 8.50. The first-order chi connectivity index (χ1) is 26.7. The maximum absolute atomic E-state index is 6.93. The molecule has 0 aliphatic carbocycles. The Balaban J connectivity index is 1.28. The summed E-state index contributed by atoms with van der Waals surface area (Å²) in [7, 11) is 0. The molecule has 0 radical (unpaired) electrons. The smallest absolute Gasteiger partial charge is 0.149 e. The summed E-state index contributed by atoms with van der Waals surface area (Å²) < 4.78 is 9.34. The van der Waals surface area contributed by atoms with Crippen molar-refractivity contribution in [3.8, 4) is 50.5 Å². The molecule has 9 aromatic rings. The topological polar surface area (TPSA) is 43.9 Å². The van der Waals surface area contributed by atoms with Gasteiger partial charge >= 0.3 is 0 Å². The molecule has 0 aliphatic rings. The van der Waals surface area contributed by atoms with E-state index in [1.807, 2.05) is 0 Å². The average Bonchev–Trinajstić information content (AvgIpc) is 3.79. The van der Waals surface area contributed by atoms with E-state index in [1.165, 1.54) is 39.1 Å². The predicted octanol–water partition coefficient (Wildman–Crippen LogP) is 14.2. The third kappa shape index (κ3) is 5.84. The Labute approximate surface area is 323 Å². The molecule has 4 nitrogen and oxygen atoms in total. The van der Waals surface area contributed by atoms with Crippen LogP contribution in [0.4, 0.5) is 0 Å². The summed E-state index contributed by atoms with van der Waals surface area (Å²) in [5, 5.41) is 2.17. The molecule has 0 fully saturated rings. The third-order valence-electron chi connectivity index (χ3n) is 11.3. The molecule has 4 heteroatoms. The van der Waals surface area contributed by atoms with Crippen LogP contribution in [-0.2, 0) is 0 Å². The van der Waals surface area contributed by atoms with Crippen LogP contribution in [-0.4, -0.2) is 14.5 Å². The van der Waals surface area contributed by atoms with Crippen molar-refractivity contribution in [1.82, 2.24) is 14.5 Å². The molecule has 3 aromatic heterocycles. The zero-order chi connectivity index (χ0) is 38.0. The maximum Gasteiger partial charge on any atom is 0.149 e. The number of pyridine rings is 1. The van der Waals surface area contributed by atoms with Crippen molar-refractivity contribution in [2.45, 2.75) is 60.3 Å². The van der Waals surface area contributed by atoms with Gasteiger partial charge < -0.3 is 4.42 Å². The summed E-state index contributed by atoms with van der Waals surface area (Å²) in [5.41, 5.74) is 18.6. The third-order valence-corrected chi connectivity index (χ3v) is 11.3. The molecule has 0 aliphatic heterocycles. The van der Waals surface area contributed by atoms with Crippen LogP contribution in [0.25, 0.3) is 83.4 Å². The molecular formula is C51H45N3O. The maximum atomic E-state index is 6.93. The number of benzene rings is 6. The molecule has 0 saturated heterocycles. The van der Waals surface area contributed by atoms with Crippen molar-refractivity contribution in [3.05, 3.63) is 162 Å². The van der Waals surface area contributed by atoms with Gasteiger partial charge in [0.15, 0.2) is 0 Å². The quantitative estimate of drug-likeness (QED) is 0.165. The summed E-state index contributed by atoms with van der Waals surface area (Å²) in [6, 6.07) is 47.8. The van der Waals surface area contributed by atoms with Crippen molar-refractivity contribution in [2.75, 3.05) is 0 Å². The first-order valence-electron chi connectivity index (χ1n) is 19.4. The fraction of sp³-hybridized carbons (Fsp3) is 0.176. The Morgan fingerprint density at radius 1 is 0.509 bits per heavy atom. The van der Waals surface area contributed by atoms with Crippen molar-refractivity contribution in [3.63, 3.8) is 0 Å². The molecule has 6 aromatic carbocycles. The van der Waals surface area contributed by atoms with E-state index in [1.54, 1.807) is 0 Å². The van der Waals surface area contributed by atoms with Gasteiger partial charge in [-0.15, -0.1) is 0 Å². The van der Waals surface area contributed by atoms with Crippen molar-refractivity contribution in [1.29, 1.82) is 0 Å². The summed E-state index contributed by atoms with van der Waals surface area (Å²) >= 11 is 0. The summed E-state index contributed by atoms with van der Waals surface area (Å²) in [5.74, 6) is 1.37. The molecule has 9 rings (SSSR count). The molecule has 3 heterocycles. The van der Waals surface area contributed by atoms with E-state index < -0.39 is 0 Å². The molecule has 270 valence electrons. The molecular weight excluding hydrogens is 671 g/mol. The Morgan fingerprint density at radius 2 is 1.07 bits per heavy atom. The van der Waals surface area contributed by atoms with Crippen LogP contribution in [0.5, 0.6) is 0 Å². The largest absolute Gasteiger partial charge is 0.455 e. The zero-order valence-electron chi connectivity index (χ0n) is 32.6. The van der Waals surface area contributed by atoms with Crippen LogP contribution >= 0.6 is 0 Å². The summed E-state index contributed by atoms with van der Waals surface area (Å²) in [6.07, 6.45) is 0. The number of fused-ring (bicyclic) bond motifs is 4. The average molecular weight is 716 g/mol. The summed E-state index contributed by atoms with van der Waals surface area (Å²) in [4.78, 5) is 10.6. The number of imidazole rings is 1. The second-order valence-electron chi connectivity index (χ2n) is 15.5. The fourth-order valence-corrected chi connectivity index (χ4v) is 8.23. The lowest BCUT2D eigenvalue weighted by Gasteiger charge is -2.24. The normalized spacial score (nSPS) is 11.9. The van der Waals surface area contributed by atoms with E-state index in [9.17, 15) is 0 Å². The highest BCUT2D eigenvalue weighted by atomic mass is 16.3. The molecule has 0 unspecified atom stereocenters. The van der Waals surface area contributed by atoms with Crippen LogP contribution < -0.4 is 0 Å². The highest BCUT2D eigenvalue weighted by Crippen LogP contribution is 2.44. The Hall–Kier alpha value is -6.26. The number of furan rings is 1. The van der Waals surface area contributed by atoms with Crippen molar-refractivity contribution >= 4 is 33.0 Å². The minimum absolute atomic E-state index is 0.253. The molecule has 55 heavy (non-hydrogen) atoms. The number of nitrogens with zero attached hydrogens (tertiary/aromatic N) is 3.